The van der Waals surface area contributed by atoms with Crippen LogP contribution in [0.15, 0.2) is 34.9 Å². The predicted octanol–water partition coefficient (Wildman–Crippen LogP) is 2.68. The molecule has 0 fully saturated rings. The van der Waals surface area contributed by atoms with Crippen molar-refractivity contribution in [1.82, 2.24) is 4.98 Å². The Labute approximate surface area is 113 Å². The Morgan fingerprint density at radius 3 is 2.79 bits per heavy atom. The molecule has 0 aromatic carbocycles. The molecule has 0 atom stereocenters. The van der Waals surface area contributed by atoms with Crippen molar-refractivity contribution in [3.05, 3.63) is 36.3 Å². The van der Waals surface area contributed by atoms with Crippen LogP contribution in [0.5, 0.6) is 5.88 Å². The second-order valence-electron chi connectivity index (χ2n) is 4.09. The number of nitrogen functional groups attached to an aromatic ring is 1. The van der Waals surface area contributed by atoms with Crippen LogP contribution in [0.25, 0.3) is 0 Å². The molecular weight excluding hydrogens is 242 g/mol. The van der Waals surface area contributed by atoms with Crippen molar-refractivity contribution in [3.8, 4) is 5.88 Å². The van der Waals surface area contributed by atoms with Gasteiger partial charge in [0, 0.05) is 6.54 Å². The third-order valence-electron chi connectivity index (χ3n) is 2.79. The normalized spacial score (nSPS) is 10.4. The average molecular weight is 261 g/mol. The first kappa shape index (κ1) is 13.3. The number of hydrogen-bond donors (Lipinski definition) is 1. The van der Waals surface area contributed by atoms with Crippen LogP contribution in [0.2, 0.25) is 0 Å². The van der Waals surface area contributed by atoms with E-state index < -0.39 is 0 Å². The summed E-state index contributed by atoms with van der Waals surface area (Å²) < 4.78 is 10.8. The SMILES string of the molecule is CCOc1nc(N(CC)Cc2ccco2)ccc1N. The van der Waals surface area contributed by atoms with Crippen molar-refractivity contribution in [1.29, 1.82) is 0 Å². The van der Waals surface area contributed by atoms with Crippen LogP contribution in [-0.2, 0) is 6.54 Å². The Morgan fingerprint density at radius 2 is 2.16 bits per heavy atom. The number of hydrogen-bond acceptors (Lipinski definition) is 5. The van der Waals surface area contributed by atoms with Gasteiger partial charge in [0.1, 0.15) is 11.6 Å². The highest BCUT2D eigenvalue weighted by molar-refractivity contribution is 5.54. The van der Waals surface area contributed by atoms with Gasteiger partial charge in [-0.2, -0.15) is 4.98 Å². The standard InChI is InChI=1S/C14H19N3O2/c1-3-17(10-11-6-5-9-19-11)13-8-7-12(15)14(16-13)18-4-2/h5-9H,3-4,10,15H2,1-2H3. The Hall–Kier alpha value is -2.17. The van der Waals surface area contributed by atoms with Crippen LogP contribution in [0, 0.1) is 0 Å². The van der Waals surface area contributed by atoms with Crippen molar-refractivity contribution in [2.45, 2.75) is 20.4 Å². The number of furan rings is 1. The summed E-state index contributed by atoms with van der Waals surface area (Å²) in [6.45, 7) is 6.02. The lowest BCUT2D eigenvalue weighted by Gasteiger charge is -2.21. The molecule has 102 valence electrons. The second-order valence-corrected chi connectivity index (χ2v) is 4.09. The number of ether oxygens (including phenoxy) is 1. The van der Waals surface area contributed by atoms with E-state index in [1.807, 2.05) is 31.2 Å². The van der Waals surface area contributed by atoms with Crippen LogP contribution in [0.1, 0.15) is 19.6 Å². The number of pyridine rings is 1. The summed E-state index contributed by atoms with van der Waals surface area (Å²) in [6.07, 6.45) is 1.67. The van der Waals surface area contributed by atoms with Crippen LogP contribution in [0.3, 0.4) is 0 Å². The molecule has 2 aromatic rings. The van der Waals surface area contributed by atoms with Crippen LogP contribution < -0.4 is 15.4 Å². The molecule has 2 aromatic heterocycles. The van der Waals surface area contributed by atoms with Gasteiger partial charge in [0.2, 0.25) is 5.88 Å². The van der Waals surface area contributed by atoms with Crippen LogP contribution in [0.4, 0.5) is 11.5 Å². The fourth-order valence-corrected chi connectivity index (χ4v) is 1.82. The maximum absolute atomic E-state index is 5.83. The van der Waals surface area contributed by atoms with E-state index in [4.69, 9.17) is 14.9 Å². The predicted molar refractivity (Wildman–Crippen MR) is 75.3 cm³/mol. The number of rotatable bonds is 6. The van der Waals surface area contributed by atoms with Gasteiger partial charge in [-0.25, -0.2) is 0 Å². The molecule has 0 aliphatic heterocycles. The van der Waals surface area contributed by atoms with Crippen molar-refractivity contribution in [2.75, 3.05) is 23.8 Å². The van der Waals surface area contributed by atoms with E-state index in [-0.39, 0.29) is 0 Å². The number of anilines is 2. The summed E-state index contributed by atoms with van der Waals surface area (Å²) in [5, 5.41) is 0. The van der Waals surface area contributed by atoms with E-state index in [1.165, 1.54) is 0 Å². The molecule has 0 radical (unpaired) electrons. The highest BCUT2D eigenvalue weighted by Gasteiger charge is 2.11. The number of nitrogens with zero attached hydrogens (tertiary/aromatic N) is 2. The first-order valence-corrected chi connectivity index (χ1v) is 6.41. The van der Waals surface area contributed by atoms with Gasteiger partial charge < -0.3 is 19.8 Å². The molecule has 19 heavy (non-hydrogen) atoms. The fourth-order valence-electron chi connectivity index (χ4n) is 1.82. The molecule has 2 rings (SSSR count). The zero-order valence-electron chi connectivity index (χ0n) is 11.3. The Kier molecular flexibility index (Phi) is 4.28. The minimum atomic E-state index is 0.484. The van der Waals surface area contributed by atoms with Gasteiger partial charge in [-0.05, 0) is 38.1 Å². The van der Waals surface area contributed by atoms with Crippen LogP contribution >= 0.6 is 0 Å². The molecule has 5 nitrogen and oxygen atoms in total. The van der Waals surface area contributed by atoms with E-state index in [1.54, 1.807) is 6.26 Å². The molecule has 0 saturated heterocycles. The maximum atomic E-state index is 5.83. The molecule has 0 bridgehead atoms. The van der Waals surface area contributed by atoms with Crippen molar-refractivity contribution in [3.63, 3.8) is 0 Å². The van der Waals surface area contributed by atoms with Gasteiger partial charge in [0.15, 0.2) is 0 Å². The lowest BCUT2D eigenvalue weighted by Crippen LogP contribution is -2.23. The van der Waals surface area contributed by atoms with Gasteiger partial charge in [-0.3, -0.25) is 0 Å². The topological polar surface area (TPSA) is 64.5 Å². The highest BCUT2D eigenvalue weighted by atomic mass is 16.5. The zero-order chi connectivity index (χ0) is 13.7. The average Bonchev–Trinajstić information content (AvgIpc) is 2.92. The van der Waals surface area contributed by atoms with E-state index in [2.05, 4.69) is 16.8 Å². The number of aromatic nitrogens is 1. The Morgan fingerprint density at radius 1 is 1.32 bits per heavy atom. The zero-order valence-corrected chi connectivity index (χ0v) is 11.3. The van der Waals surface area contributed by atoms with E-state index >= 15 is 0 Å². The minimum absolute atomic E-state index is 0.484. The maximum Gasteiger partial charge on any atom is 0.239 e. The Balaban J connectivity index is 2.20. The molecule has 2 N–H and O–H groups in total. The summed E-state index contributed by atoms with van der Waals surface area (Å²) in [7, 11) is 0. The Bertz CT molecular complexity index is 511. The first-order chi connectivity index (χ1) is 9.24. The highest BCUT2D eigenvalue weighted by Crippen LogP contribution is 2.24. The number of nitrogens with two attached hydrogens (primary N) is 1. The van der Waals surface area contributed by atoms with Crippen molar-refractivity contribution < 1.29 is 9.15 Å². The van der Waals surface area contributed by atoms with Gasteiger partial charge in [0.25, 0.3) is 0 Å². The van der Waals surface area contributed by atoms with Gasteiger partial charge in [-0.15, -0.1) is 0 Å². The summed E-state index contributed by atoms with van der Waals surface area (Å²) in [5.41, 5.74) is 6.38. The summed E-state index contributed by atoms with van der Waals surface area (Å²) in [4.78, 5) is 6.55. The molecule has 0 aliphatic rings. The molecule has 0 aliphatic carbocycles. The fraction of sp³-hybridized carbons (Fsp3) is 0.357. The third kappa shape index (κ3) is 3.19. The summed E-state index contributed by atoms with van der Waals surface area (Å²) >= 11 is 0. The van der Waals surface area contributed by atoms with Crippen LogP contribution in [-0.4, -0.2) is 18.1 Å². The molecule has 0 spiro atoms. The van der Waals surface area contributed by atoms with E-state index in [9.17, 15) is 0 Å². The lowest BCUT2D eigenvalue weighted by molar-refractivity contribution is 0.329. The largest absolute Gasteiger partial charge is 0.476 e. The monoisotopic (exact) mass is 261 g/mol. The lowest BCUT2D eigenvalue weighted by atomic mass is 10.3. The quantitative estimate of drug-likeness (QED) is 0.866. The van der Waals surface area contributed by atoms with Gasteiger partial charge in [0.05, 0.1) is 25.1 Å². The van der Waals surface area contributed by atoms with E-state index in [0.717, 1.165) is 18.1 Å². The molecule has 2 heterocycles. The molecular formula is C14H19N3O2. The third-order valence-corrected chi connectivity index (χ3v) is 2.79. The van der Waals surface area contributed by atoms with Crippen molar-refractivity contribution in [2.24, 2.45) is 0 Å². The smallest absolute Gasteiger partial charge is 0.239 e. The summed E-state index contributed by atoms with van der Waals surface area (Å²) in [6, 6.07) is 7.54. The van der Waals surface area contributed by atoms with Gasteiger partial charge in [-0.1, -0.05) is 0 Å². The van der Waals surface area contributed by atoms with Gasteiger partial charge >= 0.3 is 0 Å². The molecule has 0 saturated carbocycles. The van der Waals surface area contributed by atoms with Crippen molar-refractivity contribution >= 4 is 11.5 Å². The summed E-state index contributed by atoms with van der Waals surface area (Å²) in [5.74, 6) is 2.22. The molecule has 5 heteroatoms. The minimum Gasteiger partial charge on any atom is -0.476 e. The first-order valence-electron chi connectivity index (χ1n) is 6.41. The molecule has 0 amide bonds. The molecule has 0 unspecified atom stereocenters. The second kappa shape index (κ2) is 6.13. The van der Waals surface area contributed by atoms with E-state index in [0.29, 0.717) is 24.7 Å².